The van der Waals surface area contributed by atoms with Gasteiger partial charge in [0.15, 0.2) is 0 Å². The molecular formula is C15H19NO4. The molecule has 2 rings (SSSR count). The monoisotopic (exact) mass is 277 g/mol. The third kappa shape index (κ3) is 3.13. The zero-order valence-corrected chi connectivity index (χ0v) is 11.2. The zero-order valence-electron chi connectivity index (χ0n) is 11.2. The fourth-order valence-corrected chi connectivity index (χ4v) is 2.13. The molecule has 1 aromatic rings. The molecule has 0 saturated carbocycles. The van der Waals surface area contributed by atoms with Crippen molar-refractivity contribution < 1.29 is 20.4 Å². The van der Waals surface area contributed by atoms with Crippen LogP contribution in [-0.2, 0) is 0 Å². The molecule has 1 aromatic carbocycles. The Kier molecular flexibility index (Phi) is 4.67. The number of rotatable bonds is 3. The summed E-state index contributed by atoms with van der Waals surface area (Å²) in [6, 6.07) is 7.02. The number of benzene rings is 1. The van der Waals surface area contributed by atoms with Crippen molar-refractivity contribution in [1.82, 2.24) is 0 Å². The van der Waals surface area contributed by atoms with Crippen molar-refractivity contribution >= 4 is 6.21 Å². The topological polar surface area (TPSA) is 93.3 Å². The molecular weight excluding hydrogens is 258 g/mol. The number of hydrogen-bond acceptors (Lipinski definition) is 5. The molecule has 0 spiro atoms. The van der Waals surface area contributed by atoms with Crippen LogP contribution >= 0.6 is 0 Å². The van der Waals surface area contributed by atoms with E-state index < -0.39 is 24.4 Å². The third-order valence-electron chi connectivity index (χ3n) is 3.44. The highest BCUT2D eigenvalue weighted by atomic mass is 16.4. The normalized spacial score (nSPS) is 30.6. The molecule has 0 fully saturated rings. The summed E-state index contributed by atoms with van der Waals surface area (Å²) in [5, 5.41) is 38.4. The van der Waals surface area contributed by atoms with Crippen molar-refractivity contribution in [2.75, 3.05) is 6.61 Å². The van der Waals surface area contributed by atoms with Crippen molar-refractivity contribution in [1.29, 1.82) is 0 Å². The van der Waals surface area contributed by atoms with Crippen LogP contribution in [-0.4, -0.2) is 57.6 Å². The molecule has 0 bridgehead atoms. The van der Waals surface area contributed by atoms with Crippen LogP contribution in [0.5, 0.6) is 0 Å². The second-order valence-corrected chi connectivity index (χ2v) is 5.01. The van der Waals surface area contributed by atoms with Gasteiger partial charge in [0.25, 0.3) is 0 Å². The van der Waals surface area contributed by atoms with Crippen molar-refractivity contribution in [3.05, 3.63) is 47.0 Å². The molecule has 0 aromatic heterocycles. The molecule has 0 amide bonds. The summed E-state index contributed by atoms with van der Waals surface area (Å²) in [7, 11) is 0. The number of aliphatic hydroxyl groups is 4. The van der Waals surface area contributed by atoms with Crippen LogP contribution < -0.4 is 0 Å². The van der Waals surface area contributed by atoms with Crippen molar-refractivity contribution in [3.63, 3.8) is 0 Å². The minimum Gasteiger partial charge on any atom is -0.392 e. The standard InChI is InChI=1S/C15H19NO4/c1-9-2-4-10(5-3-9)7-16-12-6-11(8-17)13(18)15(20)14(12)19/h2-7,12-15,17-20H,8H2,1H3/t12-,13+,14-,15?/m0/s1. The van der Waals surface area contributed by atoms with Crippen LogP contribution in [0.25, 0.3) is 0 Å². The molecule has 4 atom stereocenters. The number of aliphatic imine (C=N–C) groups is 1. The average molecular weight is 277 g/mol. The molecule has 0 aliphatic heterocycles. The van der Waals surface area contributed by atoms with E-state index in [1.54, 1.807) is 6.21 Å². The second kappa shape index (κ2) is 6.28. The maximum atomic E-state index is 9.89. The number of aryl methyl sites for hydroxylation is 1. The highest BCUT2D eigenvalue weighted by Gasteiger charge is 2.36. The minimum absolute atomic E-state index is 0.272. The molecule has 0 radical (unpaired) electrons. The van der Waals surface area contributed by atoms with E-state index >= 15 is 0 Å². The molecule has 108 valence electrons. The van der Waals surface area contributed by atoms with E-state index in [2.05, 4.69) is 4.99 Å². The highest BCUT2D eigenvalue weighted by molar-refractivity contribution is 5.79. The summed E-state index contributed by atoms with van der Waals surface area (Å²) in [6.07, 6.45) is -0.694. The van der Waals surface area contributed by atoms with Gasteiger partial charge >= 0.3 is 0 Å². The lowest BCUT2D eigenvalue weighted by molar-refractivity contribution is -0.0592. The van der Waals surface area contributed by atoms with Crippen LogP contribution in [0.15, 0.2) is 40.9 Å². The summed E-state index contributed by atoms with van der Waals surface area (Å²) in [5.41, 5.74) is 2.29. The second-order valence-electron chi connectivity index (χ2n) is 5.01. The number of nitrogens with zero attached hydrogens (tertiary/aromatic N) is 1. The molecule has 20 heavy (non-hydrogen) atoms. The van der Waals surface area contributed by atoms with Crippen LogP contribution in [0.3, 0.4) is 0 Å². The van der Waals surface area contributed by atoms with Crippen molar-refractivity contribution in [2.45, 2.75) is 31.3 Å². The fourth-order valence-electron chi connectivity index (χ4n) is 2.13. The lowest BCUT2D eigenvalue weighted by Crippen LogP contribution is -2.48. The van der Waals surface area contributed by atoms with Gasteiger partial charge in [-0.2, -0.15) is 0 Å². The van der Waals surface area contributed by atoms with E-state index in [4.69, 9.17) is 5.11 Å². The first-order valence-electron chi connectivity index (χ1n) is 6.48. The van der Waals surface area contributed by atoms with E-state index in [1.165, 1.54) is 6.08 Å². The van der Waals surface area contributed by atoms with E-state index in [-0.39, 0.29) is 12.2 Å². The third-order valence-corrected chi connectivity index (χ3v) is 3.44. The largest absolute Gasteiger partial charge is 0.392 e. The maximum absolute atomic E-state index is 9.89. The molecule has 1 aliphatic rings. The zero-order chi connectivity index (χ0) is 14.7. The molecule has 1 unspecified atom stereocenters. The Morgan fingerprint density at radius 1 is 1.10 bits per heavy atom. The van der Waals surface area contributed by atoms with Crippen LogP contribution in [0.4, 0.5) is 0 Å². The first-order valence-corrected chi connectivity index (χ1v) is 6.48. The van der Waals surface area contributed by atoms with E-state index in [0.29, 0.717) is 0 Å². The van der Waals surface area contributed by atoms with E-state index in [1.807, 2.05) is 31.2 Å². The van der Waals surface area contributed by atoms with Crippen molar-refractivity contribution in [2.24, 2.45) is 4.99 Å². The Morgan fingerprint density at radius 3 is 2.35 bits per heavy atom. The van der Waals surface area contributed by atoms with Gasteiger partial charge < -0.3 is 20.4 Å². The van der Waals surface area contributed by atoms with Gasteiger partial charge in [0.2, 0.25) is 0 Å². The summed E-state index contributed by atoms with van der Waals surface area (Å²) in [5.74, 6) is 0. The Bertz CT molecular complexity index is 509. The summed E-state index contributed by atoms with van der Waals surface area (Å²) < 4.78 is 0. The Labute approximate surface area is 117 Å². The number of aliphatic hydroxyl groups excluding tert-OH is 4. The van der Waals surface area contributed by atoms with Gasteiger partial charge in [-0.1, -0.05) is 35.9 Å². The lowest BCUT2D eigenvalue weighted by Gasteiger charge is -2.32. The van der Waals surface area contributed by atoms with Crippen LogP contribution in [0.2, 0.25) is 0 Å². The summed E-state index contributed by atoms with van der Waals surface area (Å²) in [6.45, 7) is 1.61. The Balaban J connectivity index is 2.18. The molecule has 1 aliphatic carbocycles. The van der Waals surface area contributed by atoms with Gasteiger partial charge in [0.1, 0.15) is 18.3 Å². The Morgan fingerprint density at radius 2 is 1.75 bits per heavy atom. The molecule has 4 N–H and O–H groups in total. The van der Waals surface area contributed by atoms with Crippen LogP contribution in [0.1, 0.15) is 11.1 Å². The van der Waals surface area contributed by atoms with Gasteiger partial charge in [-0.25, -0.2) is 0 Å². The minimum atomic E-state index is -1.35. The Hall–Kier alpha value is -1.53. The van der Waals surface area contributed by atoms with Gasteiger partial charge in [-0.3, -0.25) is 4.99 Å². The predicted octanol–water partition coefficient (Wildman–Crippen LogP) is -0.202. The molecule has 0 saturated heterocycles. The van der Waals surface area contributed by atoms with E-state index in [0.717, 1.165) is 11.1 Å². The smallest absolute Gasteiger partial charge is 0.112 e. The van der Waals surface area contributed by atoms with E-state index in [9.17, 15) is 15.3 Å². The summed E-state index contributed by atoms with van der Waals surface area (Å²) >= 11 is 0. The predicted molar refractivity (Wildman–Crippen MR) is 75.8 cm³/mol. The van der Waals surface area contributed by atoms with Gasteiger partial charge in [-0.05, 0) is 18.1 Å². The quantitative estimate of drug-likeness (QED) is 0.454. The highest BCUT2D eigenvalue weighted by Crippen LogP contribution is 2.22. The van der Waals surface area contributed by atoms with Gasteiger partial charge in [0, 0.05) is 6.21 Å². The first-order chi connectivity index (χ1) is 9.52. The molecule has 0 heterocycles. The van der Waals surface area contributed by atoms with Gasteiger partial charge in [-0.15, -0.1) is 0 Å². The van der Waals surface area contributed by atoms with Gasteiger partial charge in [0.05, 0.1) is 12.6 Å². The molecule has 5 nitrogen and oxygen atoms in total. The first kappa shape index (κ1) is 14.9. The van der Waals surface area contributed by atoms with Crippen molar-refractivity contribution in [3.8, 4) is 0 Å². The fraction of sp³-hybridized carbons (Fsp3) is 0.400. The molecule has 5 heteroatoms. The van der Waals surface area contributed by atoms with Crippen LogP contribution in [0, 0.1) is 6.92 Å². The number of hydrogen-bond donors (Lipinski definition) is 4. The average Bonchev–Trinajstić information content (AvgIpc) is 2.46. The maximum Gasteiger partial charge on any atom is 0.112 e. The summed E-state index contributed by atoms with van der Waals surface area (Å²) in [4.78, 5) is 4.21. The SMILES string of the molecule is Cc1ccc(C=N[C@H]2C=C(CO)[C@@H](O)C(O)[C@H]2O)cc1. The lowest BCUT2D eigenvalue weighted by atomic mass is 9.88.